The van der Waals surface area contributed by atoms with Crippen molar-refractivity contribution in [1.29, 1.82) is 0 Å². The van der Waals surface area contributed by atoms with Crippen LogP contribution in [0.1, 0.15) is 6.42 Å². The molecule has 0 fully saturated rings. The third kappa shape index (κ3) is 4.98. The lowest BCUT2D eigenvalue weighted by Gasteiger charge is -2.18. The molecule has 0 aliphatic heterocycles. The van der Waals surface area contributed by atoms with E-state index in [0.29, 0.717) is 0 Å². The first-order valence-corrected chi connectivity index (χ1v) is 7.72. The molecule has 0 aromatic rings. The summed E-state index contributed by atoms with van der Waals surface area (Å²) in [7, 11) is -2.15. The van der Waals surface area contributed by atoms with Crippen molar-refractivity contribution in [3.63, 3.8) is 0 Å². The van der Waals surface area contributed by atoms with Crippen LogP contribution in [0.3, 0.4) is 0 Å². The zero-order valence-corrected chi connectivity index (χ0v) is 8.64. The van der Waals surface area contributed by atoms with Crippen LogP contribution in [-0.2, 0) is 0 Å². The van der Waals surface area contributed by atoms with Crippen molar-refractivity contribution < 1.29 is 17.6 Å². The zero-order valence-electron chi connectivity index (χ0n) is 6.88. The Morgan fingerprint density at radius 1 is 1.33 bits per heavy atom. The molecule has 0 aromatic heterocycles. The van der Waals surface area contributed by atoms with Gasteiger partial charge in [0.2, 0.25) is 0 Å². The van der Waals surface area contributed by atoms with Gasteiger partial charge in [-0.05, 0) is 6.04 Å². The average molecular weight is 223 g/mol. The van der Waals surface area contributed by atoms with Gasteiger partial charge in [-0.15, -0.1) is 0 Å². The predicted molar refractivity (Wildman–Crippen MR) is 43.7 cm³/mol. The molecular formula is C6H11ClF4Si. The summed E-state index contributed by atoms with van der Waals surface area (Å²) in [5.41, 5.74) is 0. The summed E-state index contributed by atoms with van der Waals surface area (Å²) in [6.07, 6.45) is -4.39. The minimum absolute atomic E-state index is 0.00585. The fraction of sp³-hybridized carbons (Fsp3) is 1.00. The van der Waals surface area contributed by atoms with Gasteiger partial charge in [-0.1, -0.05) is 13.1 Å². The summed E-state index contributed by atoms with van der Waals surface area (Å²) in [6, 6.07) is 0.00585. The fourth-order valence-corrected chi connectivity index (χ4v) is 1.78. The third-order valence-electron chi connectivity index (χ3n) is 1.37. The summed E-state index contributed by atoms with van der Waals surface area (Å²) in [6.45, 7) is 3.30. The second-order valence-corrected chi connectivity index (χ2v) is 10.3. The summed E-state index contributed by atoms with van der Waals surface area (Å²) in [5.74, 6) is -3.88. The monoisotopic (exact) mass is 222 g/mol. The minimum Gasteiger partial charge on any atom is -0.204 e. The lowest BCUT2D eigenvalue weighted by molar-refractivity contribution is -0.129. The van der Waals surface area contributed by atoms with E-state index in [-0.39, 0.29) is 6.04 Å². The van der Waals surface area contributed by atoms with Crippen LogP contribution in [0.4, 0.5) is 17.6 Å². The summed E-state index contributed by atoms with van der Waals surface area (Å²) in [4.78, 5) is 0. The molecule has 0 nitrogen and oxygen atoms in total. The highest BCUT2D eigenvalue weighted by Gasteiger charge is 2.41. The Labute approximate surface area is 74.6 Å². The van der Waals surface area contributed by atoms with Gasteiger partial charge in [-0.3, -0.25) is 0 Å². The maximum atomic E-state index is 12.3. The molecule has 0 aromatic carbocycles. The Balaban J connectivity index is 3.93. The number of rotatable bonds is 4. The first kappa shape index (κ1) is 12.2. The molecule has 0 unspecified atom stereocenters. The second-order valence-electron chi connectivity index (χ2n) is 3.28. The SMILES string of the molecule is C[Si](C)(Cl)CCC(F)(F)C(F)F. The van der Waals surface area contributed by atoms with Crippen LogP contribution in [0, 0.1) is 0 Å². The highest BCUT2D eigenvalue weighted by molar-refractivity contribution is 7.19. The van der Waals surface area contributed by atoms with Crippen LogP contribution in [0.15, 0.2) is 0 Å². The summed E-state index contributed by atoms with van der Waals surface area (Å²) < 4.78 is 47.8. The smallest absolute Gasteiger partial charge is 0.204 e. The maximum absolute atomic E-state index is 12.3. The van der Waals surface area contributed by atoms with E-state index < -0.39 is 26.2 Å². The molecule has 0 heterocycles. The van der Waals surface area contributed by atoms with Crippen molar-refractivity contribution in [2.75, 3.05) is 0 Å². The molecular weight excluding hydrogens is 212 g/mol. The van der Waals surface area contributed by atoms with E-state index >= 15 is 0 Å². The average Bonchev–Trinajstić information content (AvgIpc) is 1.82. The standard InChI is InChI=1S/C6H11ClF4Si/c1-12(2,7)4-3-6(10,11)5(8)9/h5H,3-4H2,1-2H3. The Bertz CT molecular complexity index is 143. The molecule has 0 amide bonds. The summed E-state index contributed by atoms with van der Waals surface area (Å²) in [5, 5.41) is 0. The fourth-order valence-electron chi connectivity index (χ4n) is 0.573. The van der Waals surface area contributed by atoms with Crippen molar-refractivity contribution in [1.82, 2.24) is 0 Å². The molecule has 0 rings (SSSR count). The Morgan fingerprint density at radius 3 is 2.00 bits per heavy atom. The first-order chi connectivity index (χ1) is 5.15. The molecule has 0 radical (unpaired) electrons. The number of halogens is 5. The Morgan fingerprint density at radius 2 is 1.75 bits per heavy atom. The van der Waals surface area contributed by atoms with Gasteiger partial charge in [0, 0.05) is 6.42 Å². The lowest BCUT2D eigenvalue weighted by atomic mass is 10.3. The van der Waals surface area contributed by atoms with E-state index in [0.717, 1.165) is 0 Å². The van der Waals surface area contributed by atoms with Crippen LogP contribution in [0.25, 0.3) is 0 Å². The molecule has 0 aliphatic carbocycles. The van der Waals surface area contributed by atoms with Gasteiger partial charge in [-0.2, -0.15) is 11.1 Å². The van der Waals surface area contributed by atoms with Crippen LogP contribution in [0.2, 0.25) is 19.1 Å². The zero-order chi connectivity index (χ0) is 9.99. The Kier molecular flexibility index (Phi) is 4.03. The van der Waals surface area contributed by atoms with Gasteiger partial charge in [0.1, 0.15) is 0 Å². The molecule has 0 spiro atoms. The lowest BCUT2D eigenvalue weighted by Crippen LogP contribution is -2.29. The van der Waals surface area contributed by atoms with Crippen molar-refractivity contribution >= 4 is 18.5 Å². The van der Waals surface area contributed by atoms with Crippen LogP contribution >= 0.6 is 11.1 Å². The molecule has 74 valence electrons. The van der Waals surface area contributed by atoms with Crippen molar-refractivity contribution in [2.45, 2.75) is 37.9 Å². The first-order valence-electron chi connectivity index (χ1n) is 3.50. The van der Waals surface area contributed by atoms with Crippen molar-refractivity contribution in [2.24, 2.45) is 0 Å². The molecule has 0 saturated heterocycles. The second kappa shape index (κ2) is 3.96. The van der Waals surface area contributed by atoms with E-state index in [1.165, 1.54) is 0 Å². The summed E-state index contributed by atoms with van der Waals surface area (Å²) >= 11 is 5.70. The topological polar surface area (TPSA) is 0 Å². The van der Waals surface area contributed by atoms with E-state index in [9.17, 15) is 17.6 Å². The quantitative estimate of drug-likeness (QED) is 0.386. The normalized spacial score (nSPS) is 14.0. The molecule has 0 atom stereocenters. The number of alkyl halides is 4. The number of hydrogen-bond donors (Lipinski definition) is 0. The van der Waals surface area contributed by atoms with Gasteiger partial charge < -0.3 is 0 Å². The van der Waals surface area contributed by atoms with E-state index in [2.05, 4.69) is 0 Å². The molecule has 0 N–H and O–H groups in total. The largest absolute Gasteiger partial charge is 0.307 e. The molecule has 12 heavy (non-hydrogen) atoms. The van der Waals surface area contributed by atoms with Crippen LogP contribution < -0.4 is 0 Å². The third-order valence-corrected chi connectivity index (χ3v) is 3.38. The molecule has 0 aliphatic rings. The Hall–Kier alpha value is 0.227. The van der Waals surface area contributed by atoms with Gasteiger partial charge in [0.15, 0.2) is 7.38 Å². The van der Waals surface area contributed by atoms with Gasteiger partial charge in [-0.25, -0.2) is 17.6 Å². The number of hydrogen-bond acceptors (Lipinski definition) is 0. The van der Waals surface area contributed by atoms with E-state index in [4.69, 9.17) is 11.1 Å². The van der Waals surface area contributed by atoms with Gasteiger partial charge >= 0.3 is 12.3 Å². The van der Waals surface area contributed by atoms with Gasteiger partial charge in [0.05, 0.1) is 0 Å². The predicted octanol–water partition coefficient (Wildman–Crippen LogP) is 3.72. The molecule has 6 heteroatoms. The molecule has 0 bridgehead atoms. The van der Waals surface area contributed by atoms with Gasteiger partial charge in [0.25, 0.3) is 0 Å². The maximum Gasteiger partial charge on any atom is 0.307 e. The van der Waals surface area contributed by atoms with Crippen molar-refractivity contribution in [3.8, 4) is 0 Å². The van der Waals surface area contributed by atoms with E-state index in [1.54, 1.807) is 13.1 Å². The highest BCUT2D eigenvalue weighted by Crippen LogP contribution is 2.31. The minimum atomic E-state index is -3.88. The van der Waals surface area contributed by atoms with Crippen LogP contribution in [-0.4, -0.2) is 19.7 Å². The van der Waals surface area contributed by atoms with E-state index in [1.807, 2.05) is 0 Å². The van der Waals surface area contributed by atoms with Crippen LogP contribution in [0.5, 0.6) is 0 Å². The highest BCUT2D eigenvalue weighted by atomic mass is 35.6. The van der Waals surface area contributed by atoms with Crippen molar-refractivity contribution in [3.05, 3.63) is 0 Å². The molecule has 0 saturated carbocycles.